The molecule has 6 nitrogen and oxygen atoms in total. The molecule has 176 valence electrons. The molecule has 3 rings (SSSR count). The van der Waals surface area contributed by atoms with E-state index in [4.69, 9.17) is 9.47 Å². The number of esters is 2. The zero-order chi connectivity index (χ0) is 25.0. The molecule has 0 bridgehead atoms. The van der Waals surface area contributed by atoms with Crippen LogP contribution in [0.5, 0.6) is 11.5 Å². The van der Waals surface area contributed by atoms with Crippen molar-refractivity contribution in [2.45, 2.75) is 0 Å². The van der Waals surface area contributed by atoms with E-state index < -0.39 is 17.8 Å². The largest absolute Gasteiger partial charge is 0.462 e. The van der Waals surface area contributed by atoms with Crippen molar-refractivity contribution in [1.82, 2.24) is 0 Å². The van der Waals surface area contributed by atoms with Crippen LogP contribution >= 0.6 is 0 Å². The molecule has 0 spiro atoms. The Morgan fingerprint density at radius 3 is 1.60 bits per heavy atom. The average molecular weight is 472 g/mol. The average Bonchev–Trinajstić information content (AvgIpc) is 2.89. The highest BCUT2D eigenvalue weighted by molar-refractivity contribution is 5.82. The first-order chi connectivity index (χ1) is 17.0. The highest BCUT2D eigenvalue weighted by Crippen LogP contribution is 2.29. The summed E-state index contributed by atoms with van der Waals surface area (Å²) in [5.74, 6) is -0.840. The maximum atomic E-state index is 14.6. The SMILES string of the molecule is C=CC(=O)O/C=C\Oc1ccc(-c2ccc(-c3ccc(O/C=C\OC(=O)C=C)cc3F)cc2)cc1. The lowest BCUT2D eigenvalue weighted by molar-refractivity contribution is -0.133. The standard InChI is InChI=1S/C28H21FO6/c1-3-27(30)34-17-15-32-23-11-9-21(10-12-23)20-5-7-22(8-6-20)25-14-13-24(19-26(25)29)33-16-18-35-28(31)4-2/h3-19H,1-2H2/b17-15-,18-16-. The Morgan fingerprint density at radius 2 is 1.09 bits per heavy atom. The molecule has 0 amide bonds. The Labute approximate surface area is 201 Å². The summed E-state index contributed by atoms with van der Waals surface area (Å²) >= 11 is 0. The number of carbonyl (C=O) groups is 2. The second-order valence-corrected chi connectivity index (χ2v) is 6.81. The quantitative estimate of drug-likeness (QED) is 0.195. The maximum Gasteiger partial charge on any atom is 0.335 e. The first-order valence-corrected chi connectivity index (χ1v) is 10.3. The number of rotatable bonds is 10. The molecule has 0 saturated heterocycles. The summed E-state index contributed by atoms with van der Waals surface area (Å²) in [5, 5.41) is 0. The van der Waals surface area contributed by atoms with E-state index in [1.54, 1.807) is 24.3 Å². The number of benzene rings is 3. The molecular formula is C28H21FO6. The molecule has 0 aliphatic carbocycles. The van der Waals surface area contributed by atoms with E-state index in [9.17, 15) is 14.0 Å². The van der Waals surface area contributed by atoms with Crippen molar-refractivity contribution in [3.8, 4) is 33.8 Å². The highest BCUT2D eigenvalue weighted by atomic mass is 19.1. The molecule has 0 N–H and O–H groups in total. The van der Waals surface area contributed by atoms with Crippen molar-refractivity contribution < 1.29 is 32.9 Å². The molecule has 0 fully saturated rings. The smallest absolute Gasteiger partial charge is 0.335 e. The van der Waals surface area contributed by atoms with Gasteiger partial charge in [0.2, 0.25) is 0 Å². The van der Waals surface area contributed by atoms with Gasteiger partial charge in [0.25, 0.3) is 0 Å². The van der Waals surface area contributed by atoms with Gasteiger partial charge in [-0.3, -0.25) is 0 Å². The minimum absolute atomic E-state index is 0.254. The lowest BCUT2D eigenvalue weighted by atomic mass is 10.00. The Bertz CT molecular complexity index is 1260. The molecule has 0 unspecified atom stereocenters. The summed E-state index contributed by atoms with van der Waals surface area (Å²) in [6.45, 7) is 6.57. The van der Waals surface area contributed by atoms with Gasteiger partial charge >= 0.3 is 11.9 Å². The number of ether oxygens (including phenoxy) is 4. The number of carbonyl (C=O) groups excluding carboxylic acids is 2. The molecule has 0 aliphatic heterocycles. The van der Waals surface area contributed by atoms with Crippen LogP contribution in [0.25, 0.3) is 22.3 Å². The molecule has 7 heteroatoms. The lowest BCUT2D eigenvalue weighted by Crippen LogP contribution is -1.93. The second-order valence-electron chi connectivity index (χ2n) is 6.81. The molecule has 3 aromatic carbocycles. The van der Waals surface area contributed by atoms with Crippen LogP contribution in [0.4, 0.5) is 4.39 Å². The van der Waals surface area contributed by atoms with Crippen LogP contribution in [0.1, 0.15) is 0 Å². The van der Waals surface area contributed by atoms with Crippen molar-refractivity contribution >= 4 is 11.9 Å². The van der Waals surface area contributed by atoms with Crippen molar-refractivity contribution in [1.29, 1.82) is 0 Å². The van der Waals surface area contributed by atoms with Gasteiger partial charge in [-0.25, -0.2) is 14.0 Å². The summed E-state index contributed by atoms with van der Waals surface area (Å²) in [7, 11) is 0. The molecule has 0 heterocycles. The molecule has 0 saturated carbocycles. The van der Waals surface area contributed by atoms with Gasteiger partial charge in [0.15, 0.2) is 0 Å². The molecule has 0 radical (unpaired) electrons. The van der Waals surface area contributed by atoms with E-state index in [2.05, 4.69) is 22.6 Å². The fourth-order valence-corrected chi connectivity index (χ4v) is 2.87. The normalized spacial score (nSPS) is 10.7. The maximum absolute atomic E-state index is 14.6. The first-order valence-electron chi connectivity index (χ1n) is 10.3. The summed E-state index contributed by atoms with van der Waals surface area (Å²) < 4.78 is 34.6. The Balaban J connectivity index is 1.62. The van der Waals surface area contributed by atoms with Crippen LogP contribution in [0.3, 0.4) is 0 Å². The van der Waals surface area contributed by atoms with Gasteiger partial charge in [0.05, 0.1) is 0 Å². The minimum Gasteiger partial charge on any atom is -0.462 e. The molecule has 0 aromatic heterocycles. The monoisotopic (exact) mass is 472 g/mol. The van der Waals surface area contributed by atoms with Crippen LogP contribution in [-0.2, 0) is 19.1 Å². The number of halogens is 1. The van der Waals surface area contributed by atoms with Crippen LogP contribution in [-0.4, -0.2) is 11.9 Å². The van der Waals surface area contributed by atoms with Gasteiger partial charge in [-0.2, -0.15) is 0 Å². The Hall–Kier alpha value is -4.91. The van der Waals surface area contributed by atoms with Crippen molar-refractivity contribution in [2.24, 2.45) is 0 Å². The third-order valence-electron chi connectivity index (χ3n) is 4.55. The predicted octanol–water partition coefficient (Wildman–Crippen LogP) is 6.32. The summed E-state index contributed by atoms with van der Waals surface area (Å²) in [5.41, 5.74) is 3.00. The van der Waals surface area contributed by atoms with E-state index in [1.807, 2.05) is 36.4 Å². The van der Waals surface area contributed by atoms with Crippen LogP contribution in [0.15, 0.2) is 117 Å². The fraction of sp³-hybridized carbons (Fsp3) is 0. The van der Waals surface area contributed by atoms with Crippen molar-refractivity contribution in [3.05, 3.63) is 123 Å². The Morgan fingerprint density at radius 1 is 0.629 bits per heavy atom. The summed E-state index contributed by atoms with van der Waals surface area (Å²) in [6.07, 6.45) is 6.63. The van der Waals surface area contributed by atoms with Gasteiger partial charge in [-0.15, -0.1) is 0 Å². The van der Waals surface area contributed by atoms with Crippen LogP contribution in [0.2, 0.25) is 0 Å². The topological polar surface area (TPSA) is 71.1 Å². The lowest BCUT2D eigenvalue weighted by Gasteiger charge is -2.08. The van der Waals surface area contributed by atoms with Crippen LogP contribution < -0.4 is 9.47 Å². The first kappa shape index (κ1) is 24.7. The zero-order valence-corrected chi connectivity index (χ0v) is 18.6. The molecule has 3 aromatic rings. The molecular weight excluding hydrogens is 451 g/mol. The van der Waals surface area contributed by atoms with E-state index >= 15 is 0 Å². The molecule has 0 atom stereocenters. The van der Waals surface area contributed by atoms with E-state index in [-0.39, 0.29) is 5.75 Å². The number of hydrogen-bond acceptors (Lipinski definition) is 6. The predicted molar refractivity (Wildman–Crippen MR) is 129 cm³/mol. The highest BCUT2D eigenvalue weighted by Gasteiger charge is 2.08. The van der Waals surface area contributed by atoms with Crippen LogP contribution in [0, 0.1) is 5.82 Å². The van der Waals surface area contributed by atoms with Crippen molar-refractivity contribution in [2.75, 3.05) is 0 Å². The van der Waals surface area contributed by atoms with Gasteiger partial charge in [0, 0.05) is 23.8 Å². The van der Waals surface area contributed by atoms with Gasteiger partial charge in [-0.05, 0) is 41.0 Å². The van der Waals surface area contributed by atoms with Gasteiger partial charge < -0.3 is 18.9 Å². The third kappa shape index (κ3) is 7.30. The summed E-state index contributed by atoms with van der Waals surface area (Å²) in [6, 6.07) is 19.2. The van der Waals surface area contributed by atoms with Gasteiger partial charge in [-0.1, -0.05) is 49.6 Å². The van der Waals surface area contributed by atoms with Gasteiger partial charge in [0.1, 0.15) is 42.4 Å². The molecule has 35 heavy (non-hydrogen) atoms. The second kappa shape index (κ2) is 12.4. The van der Waals surface area contributed by atoms with E-state index in [0.29, 0.717) is 16.9 Å². The van der Waals surface area contributed by atoms with E-state index in [1.165, 1.54) is 12.3 Å². The summed E-state index contributed by atoms with van der Waals surface area (Å²) in [4.78, 5) is 21.9. The van der Waals surface area contributed by atoms with E-state index in [0.717, 1.165) is 42.1 Å². The Kier molecular flexibility index (Phi) is 8.73. The number of hydrogen-bond donors (Lipinski definition) is 0. The molecule has 0 aliphatic rings. The zero-order valence-electron chi connectivity index (χ0n) is 18.6. The fourth-order valence-electron chi connectivity index (χ4n) is 2.87. The third-order valence-corrected chi connectivity index (χ3v) is 4.55. The minimum atomic E-state index is -0.625. The van der Waals surface area contributed by atoms with Crippen molar-refractivity contribution in [3.63, 3.8) is 0 Å².